The summed E-state index contributed by atoms with van der Waals surface area (Å²) < 4.78 is 0. The van der Waals surface area contributed by atoms with Crippen molar-refractivity contribution in [3.63, 3.8) is 0 Å². The van der Waals surface area contributed by atoms with E-state index in [1.807, 2.05) is 0 Å². The molecule has 1 saturated heterocycles. The summed E-state index contributed by atoms with van der Waals surface area (Å²) in [5, 5.41) is 11.1. The maximum absolute atomic E-state index is 13.7. The van der Waals surface area contributed by atoms with Gasteiger partial charge >= 0.3 is 0 Å². The molecule has 0 aromatic rings. The van der Waals surface area contributed by atoms with Gasteiger partial charge in [0.25, 0.3) is 5.91 Å². The van der Waals surface area contributed by atoms with Crippen LogP contribution in [0, 0.1) is 17.3 Å². The summed E-state index contributed by atoms with van der Waals surface area (Å²) in [6.07, 6.45) is 7.57. The average molecular weight is 562 g/mol. The summed E-state index contributed by atoms with van der Waals surface area (Å²) in [7, 11) is 1.51. The molecule has 11 nitrogen and oxygen atoms in total. The van der Waals surface area contributed by atoms with Crippen molar-refractivity contribution in [2.24, 2.45) is 17.3 Å². The van der Waals surface area contributed by atoms with Gasteiger partial charge in [0.1, 0.15) is 12.1 Å². The molecule has 0 unspecified atom stereocenters. The second kappa shape index (κ2) is 13.6. The van der Waals surface area contributed by atoms with E-state index in [1.165, 1.54) is 11.9 Å². The molecule has 4 N–H and O–H groups in total. The molecule has 3 fully saturated rings. The number of Topliss-reactive ketones (excluding diaryl/α,β-unsaturated/α-hetero) is 1. The predicted octanol–water partition coefficient (Wildman–Crippen LogP) is 1.19. The molecule has 224 valence electrons. The van der Waals surface area contributed by atoms with E-state index in [4.69, 9.17) is 0 Å². The first-order valence-corrected chi connectivity index (χ1v) is 14.8. The van der Waals surface area contributed by atoms with E-state index >= 15 is 0 Å². The maximum atomic E-state index is 13.7. The summed E-state index contributed by atoms with van der Waals surface area (Å²) >= 11 is 0. The molecule has 3 aliphatic rings. The van der Waals surface area contributed by atoms with Gasteiger partial charge in [0.2, 0.25) is 29.4 Å². The quantitative estimate of drug-likeness (QED) is 0.278. The van der Waals surface area contributed by atoms with E-state index in [9.17, 15) is 28.8 Å². The van der Waals surface area contributed by atoms with Crippen LogP contribution in [-0.4, -0.2) is 78.0 Å². The van der Waals surface area contributed by atoms with Gasteiger partial charge in [0.05, 0.1) is 6.04 Å². The molecule has 40 heavy (non-hydrogen) atoms. The lowest BCUT2D eigenvalue weighted by molar-refractivity contribution is -0.145. The van der Waals surface area contributed by atoms with Crippen LogP contribution in [0.3, 0.4) is 0 Å². The number of likely N-dealkylation sites (N-methyl/N-ethyl adjacent to an activating group) is 1. The standard InChI is InChI=1S/C29H47N5O6/c1-17(34(5)27(39)22(18-10-7-6-8-11-18)33-28(40)29(2,3)4)24(36)32-21(16-19-12-9-15-30-25(19)37)23(35)26(38)31-20-13-14-20/h17-22H,6-16H2,1-5H3,(H,30,37)(H,31,38)(H,32,36)(H,33,40)/t17-,19-,21-,22+/m0/s1. The van der Waals surface area contributed by atoms with Crippen LogP contribution in [-0.2, 0) is 28.8 Å². The monoisotopic (exact) mass is 561 g/mol. The van der Waals surface area contributed by atoms with Gasteiger partial charge in [-0.25, -0.2) is 0 Å². The minimum Gasteiger partial charge on any atom is -0.356 e. The lowest BCUT2D eigenvalue weighted by Gasteiger charge is -2.36. The molecule has 0 aromatic heterocycles. The summed E-state index contributed by atoms with van der Waals surface area (Å²) in [6.45, 7) is 7.46. The first-order chi connectivity index (χ1) is 18.8. The fourth-order valence-electron chi connectivity index (χ4n) is 5.30. The summed E-state index contributed by atoms with van der Waals surface area (Å²) in [5.41, 5.74) is -0.686. The SMILES string of the molecule is C[C@@H](C(=O)N[C@@H](C[C@@H]1CCCNC1=O)C(=O)C(=O)NC1CC1)N(C)C(=O)[C@H](NC(=O)C(C)(C)C)C1CCCCC1. The number of hydrogen-bond donors (Lipinski definition) is 4. The van der Waals surface area contributed by atoms with Gasteiger partial charge in [-0.15, -0.1) is 0 Å². The van der Waals surface area contributed by atoms with E-state index < -0.39 is 47.1 Å². The van der Waals surface area contributed by atoms with E-state index in [0.29, 0.717) is 13.0 Å². The number of carbonyl (C=O) groups excluding carboxylic acids is 6. The Morgan fingerprint density at radius 1 is 0.950 bits per heavy atom. The lowest BCUT2D eigenvalue weighted by Crippen LogP contribution is -2.59. The Kier molecular flexibility index (Phi) is 10.7. The Labute approximate surface area is 237 Å². The van der Waals surface area contributed by atoms with Crippen molar-refractivity contribution < 1.29 is 28.8 Å². The fraction of sp³-hybridized carbons (Fsp3) is 0.793. The van der Waals surface area contributed by atoms with Crippen molar-refractivity contribution in [1.29, 1.82) is 0 Å². The van der Waals surface area contributed by atoms with Crippen molar-refractivity contribution in [3.8, 4) is 0 Å². The second-order valence-electron chi connectivity index (χ2n) is 12.8. The minimum atomic E-state index is -1.19. The van der Waals surface area contributed by atoms with Gasteiger partial charge in [-0.1, -0.05) is 40.0 Å². The molecule has 11 heteroatoms. The van der Waals surface area contributed by atoms with Gasteiger partial charge in [0.15, 0.2) is 0 Å². The number of amides is 5. The van der Waals surface area contributed by atoms with Crippen molar-refractivity contribution >= 4 is 35.3 Å². The molecular weight excluding hydrogens is 514 g/mol. The van der Waals surface area contributed by atoms with Crippen LogP contribution in [0.4, 0.5) is 0 Å². The zero-order chi connectivity index (χ0) is 29.6. The van der Waals surface area contributed by atoms with E-state index in [2.05, 4.69) is 21.3 Å². The smallest absolute Gasteiger partial charge is 0.289 e. The number of ketones is 1. The van der Waals surface area contributed by atoms with Crippen LogP contribution in [0.25, 0.3) is 0 Å². The number of rotatable bonds is 11. The average Bonchev–Trinajstić information content (AvgIpc) is 3.74. The molecule has 5 amide bonds. The normalized spacial score (nSPS) is 22.2. The van der Waals surface area contributed by atoms with Gasteiger partial charge < -0.3 is 26.2 Å². The Morgan fingerprint density at radius 3 is 2.17 bits per heavy atom. The number of piperidine rings is 1. The third-order valence-electron chi connectivity index (χ3n) is 8.35. The molecule has 0 spiro atoms. The van der Waals surface area contributed by atoms with Crippen LogP contribution in [0.15, 0.2) is 0 Å². The van der Waals surface area contributed by atoms with Crippen LogP contribution >= 0.6 is 0 Å². The zero-order valence-corrected chi connectivity index (χ0v) is 24.6. The Balaban J connectivity index is 1.73. The molecule has 1 heterocycles. The second-order valence-corrected chi connectivity index (χ2v) is 12.8. The van der Waals surface area contributed by atoms with Crippen molar-refractivity contribution in [2.75, 3.05) is 13.6 Å². The minimum absolute atomic E-state index is 0.00517. The number of nitrogens with one attached hydrogen (secondary N) is 4. The Hall–Kier alpha value is -2.98. The molecule has 2 aliphatic carbocycles. The van der Waals surface area contributed by atoms with Crippen LogP contribution in [0.1, 0.15) is 91.9 Å². The molecule has 0 bridgehead atoms. The first kappa shape index (κ1) is 31.5. The highest BCUT2D eigenvalue weighted by atomic mass is 16.2. The molecule has 4 atom stereocenters. The van der Waals surface area contributed by atoms with Crippen molar-refractivity contribution in [3.05, 3.63) is 0 Å². The molecule has 2 saturated carbocycles. The summed E-state index contributed by atoms with van der Waals surface area (Å²) in [5.74, 6) is -3.51. The van der Waals surface area contributed by atoms with Crippen LogP contribution < -0.4 is 21.3 Å². The van der Waals surface area contributed by atoms with Crippen molar-refractivity contribution in [2.45, 2.75) is 116 Å². The summed E-state index contributed by atoms with van der Waals surface area (Å²) in [6, 6.07) is -2.97. The number of nitrogens with zero attached hydrogens (tertiary/aromatic N) is 1. The van der Waals surface area contributed by atoms with E-state index in [-0.39, 0.29) is 36.1 Å². The highest BCUT2D eigenvalue weighted by molar-refractivity contribution is 6.38. The Morgan fingerprint density at radius 2 is 1.60 bits per heavy atom. The number of hydrogen-bond acceptors (Lipinski definition) is 6. The topological polar surface area (TPSA) is 154 Å². The largest absolute Gasteiger partial charge is 0.356 e. The van der Waals surface area contributed by atoms with Gasteiger partial charge in [-0.2, -0.15) is 0 Å². The van der Waals surface area contributed by atoms with E-state index in [0.717, 1.165) is 51.4 Å². The van der Waals surface area contributed by atoms with Crippen LogP contribution in [0.5, 0.6) is 0 Å². The highest BCUT2D eigenvalue weighted by Gasteiger charge is 2.39. The van der Waals surface area contributed by atoms with Gasteiger partial charge in [0, 0.05) is 31.0 Å². The number of carbonyl (C=O) groups is 6. The molecule has 1 aliphatic heterocycles. The third kappa shape index (κ3) is 8.51. The summed E-state index contributed by atoms with van der Waals surface area (Å²) in [4.78, 5) is 79.3. The molecular formula is C29H47N5O6. The van der Waals surface area contributed by atoms with Gasteiger partial charge in [-0.3, -0.25) is 28.8 Å². The highest BCUT2D eigenvalue weighted by Crippen LogP contribution is 2.28. The molecule has 0 aromatic carbocycles. The lowest BCUT2D eigenvalue weighted by atomic mass is 9.82. The van der Waals surface area contributed by atoms with E-state index in [1.54, 1.807) is 27.7 Å². The molecule has 3 rings (SSSR count). The molecule has 0 radical (unpaired) electrons. The maximum Gasteiger partial charge on any atom is 0.289 e. The first-order valence-electron chi connectivity index (χ1n) is 14.8. The zero-order valence-electron chi connectivity index (χ0n) is 24.6. The van der Waals surface area contributed by atoms with Crippen molar-refractivity contribution in [1.82, 2.24) is 26.2 Å². The van der Waals surface area contributed by atoms with Gasteiger partial charge in [-0.05, 0) is 57.8 Å². The third-order valence-corrected chi connectivity index (χ3v) is 8.35. The Bertz CT molecular complexity index is 982. The predicted molar refractivity (Wildman–Crippen MR) is 149 cm³/mol. The van der Waals surface area contributed by atoms with Crippen LogP contribution in [0.2, 0.25) is 0 Å². The fourth-order valence-corrected chi connectivity index (χ4v) is 5.30.